The summed E-state index contributed by atoms with van der Waals surface area (Å²) in [6.45, 7) is 4.68. The van der Waals surface area contributed by atoms with Crippen molar-refractivity contribution >= 4 is 23.1 Å². The number of amides is 1. The first-order valence-corrected chi connectivity index (χ1v) is 9.70. The number of hydrogen-bond acceptors (Lipinski definition) is 6. The SMILES string of the molecule is O=C(Cc1ccsc1)N1CCc2ncnc(N3CCOCC3)c2CC1. The number of nitrogens with zero attached hydrogens (tertiary/aromatic N) is 4. The van der Waals surface area contributed by atoms with Crippen LogP contribution in [0.15, 0.2) is 23.2 Å². The number of fused-ring (bicyclic) bond motifs is 1. The Labute approximate surface area is 151 Å². The van der Waals surface area contributed by atoms with Gasteiger partial charge in [0.1, 0.15) is 12.1 Å². The van der Waals surface area contributed by atoms with Crippen LogP contribution in [-0.2, 0) is 28.8 Å². The molecular weight excluding hydrogens is 336 g/mol. The maximum atomic E-state index is 12.6. The summed E-state index contributed by atoms with van der Waals surface area (Å²) in [4.78, 5) is 25.9. The highest BCUT2D eigenvalue weighted by Gasteiger charge is 2.24. The number of morpholine rings is 1. The van der Waals surface area contributed by atoms with Crippen molar-refractivity contribution in [3.8, 4) is 0 Å². The summed E-state index contributed by atoms with van der Waals surface area (Å²) in [6, 6.07) is 2.02. The number of carbonyl (C=O) groups is 1. The molecule has 4 rings (SSSR count). The van der Waals surface area contributed by atoms with E-state index < -0.39 is 0 Å². The number of anilines is 1. The molecule has 0 bridgehead atoms. The largest absolute Gasteiger partial charge is 0.378 e. The fraction of sp³-hybridized carbons (Fsp3) is 0.500. The molecule has 2 aromatic heterocycles. The Morgan fingerprint density at radius 1 is 1.16 bits per heavy atom. The van der Waals surface area contributed by atoms with Gasteiger partial charge in [-0.25, -0.2) is 9.97 Å². The molecule has 2 aliphatic heterocycles. The number of hydrogen-bond donors (Lipinski definition) is 0. The number of rotatable bonds is 3. The topological polar surface area (TPSA) is 58.6 Å². The normalized spacial score (nSPS) is 17.9. The van der Waals surface area contributed by atoms with Crippen LogP contribution in [-0.4, -0.2) is 60.2 Å². The van der Waals surface area contributed by atoms with Crippen molar-refractivity contribution in [3.63, 3.8) is 0 Å². The van der Waals surface area contributed by atoms with Crippen molar-refractivity contribution in [1.29, 1.82) is 0 Å². The lowest BCUT2D eigenvalue weighted by Crippen LogP contribution is -2.37. The predicted molar refractivity (Wildman–Crippen MR) is 97.1 cm³/mol. The second-order valence-corrected chi connectivity index (χ2v) is 7.19. The fourth-order valence-electron chi connectivity index (χ4n) is 3.49. The third-order valence-corrected chi connectivity index (χ3v) is 5.59. The Morgan fingerprint density at radius 2 is 2.00 bits per heavy atom. The fourth-order valence-corrected chi connectivity index (χ4v) is 4.15. The molecule has 25 heavy (non-hydrogen) atoms. The molecule has 0 aromatic carbocycles. The molecule has 1 saturated heterocycles. The number of carbonyl (C=O) groups excluding carboxylic acids is 1. The number of aromatic nitrogens is 2. The average Bonchev–Trinajstić information content (AvgIpc) is 3.05. The molecule has 0 spiro atoms. The molecule has 1 fully saturated rings. The van der Waals surface area contributed by atoms with Gasteiger partial charge in [-0.05, 0) is 28.8 Å². The zero-order valence-corrected chi connectivity index (χ0v) is 15.0. The van der Waals surface area contributed by atoms with Crippen LogP contribution in [0.4, 0.5) is 5.82 Å². The molecule has 0 aliphatic carbocycles. The summed E-state index contributed by atoms with van der Waals surface area (Å²) in [5.41, 5.74) is 3.39. The van der Waals surface area contributed by atoms with Crippen molar-refractivity contribution in [2.24, 2.45) is 0 Å². The number of ether oxygens (including phenoxy) is 1. The van der Waals surface area contributed by atoms with Gasteiger partial charge in [-0.3, -0.25) is 4.79 Å². The Morgan fingerprint density at radius 3 is 2.80 bits per heavy atom. The van der Waals surface area contributed by atoms with Crippen molar-refractivity contribution in [3.05, 3.63) is 40.0 Å². The monoisotopic (exact) mass is 358 g/mol. The van der Waals surface area contributed by atoms with Crippen LogP contribution in [0, 0.1) is 0 Å². The molecule has 6 nitrogen and oxygen atoms in total. The second kappa shape index (κ2) is 7.49. The Hall–Kier alpha value is -1.99. The average molecular weight is 358 g/mol. The molecule has 0 unspecified atom stereocenters. The van der Waals surface area contributed by atoms with Crippen LogP contribution in [0.2, 0.25) is 0 Å². The van der Waals surface area contributed by atoms with E-state index in [-0.39, 0.29) is 5.91 Å². The van der Waals surface area contributed by atoms with E-state index in [2.05, 4.69) is 14.9 Å². The van der Waals surface area contributed by atoms with Crippen LogP contribution in [0.3, 0.4) is 0 Å². The minimum atomic E-state index is 0.201. The van der Waals surface area contributed by atoms with E-state index in [1.165, 1.54) is 5.56 Å². The third kappa shape index (κ3) is 3.67. The first kappa shape index (κ1) is 16.5. The van der Waals surface area contributed by atoms with Crippen molar-refractivity contribution < 1.29 is 9.53 Å². The van der Waals surface area contributed by atoms with Gasteiger partial charge in [-0.2, -0.15) is 11.3 Å². The molecule has 1 amide bonds. The predicted octanol–water partition coefficient (Wildman–Crippen LogP) is 1.54. The van der Waals surface area contributed by atoms with E-state index in [1.54, 1.807) is 17.7 Å². The van der Waals surface area contributed by atoms with Crippen LogP contribution < -0.4 is 4.90 Å². The summed E-state index contributed by atoms with van der Waals surface area (Å²) in [7, 11) is 0. The Bertz CT molecular complexity index is 729. The van der Waals surface area contributed by atoms with Gasteiger partial charge in [-0.1, -0.05) is 0 Å². The van der Waals surface area contributed by atoms with Crippen LogP contribution in [0.25, 0.3) is 0 Å². The molecule has 4 heterocycles. The minimum absolute atomic E-state index is 0.201. The van der Waals surface area contributed by atoms with E-state index in [4.69, 9.17) is 4.74 Å². The van der Waals surface area contributed by atoms with Crippen molar-refractivity contribution in [2.45, 2.75) is 19.3 Å². The van der Waals surface area contributed by atoms with E-state index in [0.717, 1.165) is 69.3 Å². The van der Waals surface area contributed by atoms with E-state index in [1.807, 2.05) is 21.7 Å². The van der Waals surface area contributed by atoms with Gasteiger partial charge in [0.05, 0.1) is 25.3 Å². The minimum Gasteiger partial charge on any atom is -0.378 e. The van der Waals surface area contributed by atoms with E-state index >= 15 is 0 Å². The highest BCUT2D eigenvalue weighted by molar-refractivity contribution is 7.08. The molecule has 7 heteroatoms. The lowest BCUT2D eigenvalue weighted by molar-refractivity contribution is -0.130. The summed E-state index contributed by atoms with van der Waals surface area (Å²) in [5, 5.41) is 4.07. The third-order valence-electron chi connectivity index (χ3n) is 4.86. The quantitative estimate of drug-likeness (QED) is 0.833. The molecular formula is C18H22N4O2S. The highest BCUT2D eigenvalue weighted by atomic mass is 32.1. The van der Waals surface area contributed by atoms with Crippen molar-refractivity contribution in [1.82, 2.24) is 14.9 Å². The zero-order valence-electron chi connectivity index (χ0n) is 14.2. The van der Waals surface area contributed by atoms with E-state index in [0.29, 0.717) is 6.42 Å². The smallest absolute Gasteiger partial charge is 0.227 e. The first-order valence-electron chi connectivity index (χ1n) is 8.75. The zero-order chi connectivity index (χ0) is 17.1. The number of thiophene rings is 1. The molecule has 0 N–H and O–H groups in total. The van der Waals surface area contributed by atoms with E-state index in [9.17, 15) is 4.79 Å². The summed E-state index contributed by atoms with van der Waals surface area (Å²) in [6.07, 6.45) is 3.76. The summed E-state index contributed by atoms with van der Waals surface area (Å²) < 4.78 is 5.45. The van der Waals surface area contributed by atoms with Gasteiger partial charge in [0.15, 0.2) is 0 Å². The summed E-state index contributed by atoms with van der Waals surface area (Å²) >= 11 is 1.64. The molecule has 0 radical (unpaired) electrons. The lowest BCUT2D eigenvalue weighted by Gasteiger charge is -2.29. The maximum Gasteiger partial charge on any atom is 0.227 e. The van der Waals surface area contributed by atoms with Gasteiger partial charge >= 0.3 is 0 Å². The van der Waals surface area contributed by atoms with Crippen LogP contribution >= 0.6 is 11.3 Å². The van der Waals surface area contributed by atoms with Crippen molar-refractivity contribution in [2.75, 3.05) is 44.3 Å². The first-order chi connectivity index (χ1) is 12.3. The molecule has 132 valence electrons. The van der Waals surface area contributed by atoms with Crippen LogP contribution in [0.5, 0.6) is 0 Å². The molecule has 2 aliphatic rings. The van der Waals surface area contributed by atoms with Gasteiger partial charge in [0, 0.05) is 38.2 Å². The second-order valence-electron chi connectivity index (χ2n) is 6.41. The lowest BCUT2D eigenvalue weighted by atomic mass is 10.1. The summed E-state index contributed by atoms with van der Waals surface area (Å²) in [5.74, 6) is 1.23. The Balaban J connectivity index is 1.48. The van der Waals surface area contributed by atoms with Gasteiger partial charge in [0.2, 0.25) is 5.91 Å². The van der Waals surface area contributed by atoms with Gasteiger partial charge in [-0.15, -0.1) is 0 Å². The molecule has 0 saturated carbocycles. The molecule has 2 aromatic rings. The Kier molecular flexibility index (Phi) is 4.94. The molecule has 0 atom stereocenters. The van der Waals surface area contributed by atoms with Gasteiger partial charge < -0.3 is 14.5 Å². The maximum absolute atomic E-state index is 12.6. The highest BCUT2D eigenvalue weighted by Crippen LogP contribution is 2.24. The van der Waals surface area contributed by atoms with Gasteiger partial charge in [0.25, 0.3) is 0 Å². The standard InChI is InChI=1S/C18H22N4O2S/c23-17(11-14-3-10-25-12-14)21-4-1-15-16(2-5-21)19-13-20-18(15)22-6-8-24-9-7-22/h3,10,12-13H,1-2,4-9,11H2. The van der Waals surface area contributed by atoms with Crippen LogP contribution in [0.1, 0.15) is 16.8 Å².